The van der Waals surface area contributed by atoms with E-state index in [2.05, 4.69) is 30.4 Å². The van der Waals surface area contributed by atoms with Gasteiger partial charge in [-0.2, -0.15) is 0 Å². The fourth-order valence-corrected chi connectivity index (χ4v) is 3.59. The Hall–Kier alpha value is -1.71. The van der Waals surface area contributed by atoms with E-state index in [0.717, 1.165) is 16.6 Å². The lowest BCUT2D eigenvalue weighted by molar-refractivity contribution is 0.630. The molecule has 1 unspecified atom stereocenters. The zero-order valence-corrected chi connectivity index (χ0v) is 12.1. The molecule has 102 valence electrons. The third-order valence-electron chi connectivity index (χ3n) is 3.33. The van der Waals surface area contributed by atoms with Crippen molar-refractivity contribution >= 4 is 21.4 Å². The minimum absolute atomic E-state index is 0.168. The van der Waals surface area contributed by atoms with Crippen LogP contribution in [0, 0.1) is 5.82 Å². The molecule has 1 N–H and O–H groups in total. The van der Waals surface area contributed by atoms with Crippen molar-refractivity contribution < 1.29 is 4.39 Å². The molecule has 20 heavy (non-hydrogen) atoms. The molecule has 0 fully saturated rings. The molecule has 0 saturated carbocycles. The monoisotopic (exact) mass is 285 g/mol. The predicted molar refractivity (Wildman–Crippen MR) is 83.7 cm³/mol. The highest BCUT2D eigenvalue weighted by Crippen LogP contribution is 2.33. The summed E-state index contributed by atoms with van der Waals surface area (Å²) in [5, 5.41) is 4.61. The topological polar surface area (TPSA) is 12.0 Å². The highest BCUT2D eigenvalue weighted by molar-refractivity contribution is 7.19. The Morgan fingerprint density at radius 1 is 1.10 bits per heavy atom. The number of rotatable bonds is 4. The molecule has 2 aromatic carbocycles. The van der Waals surface area contributed by atoms with Gasteiger partial charge in [0.15, 0.2) is 0 Å². The quantitative estimate of drug-likeness (QED) is 0.730. The van der Waals surface area contributed by atoms with E-state index in [4.69, 9.17) is 0 Å². The molecule has 3 heteroatoms. The van der Waals surface area contributed by atoms with Gasteiger partial charge in [0.2, 0.25) is 0 Å². The number of hydrogen-bond acceptors (Lipinski definition) is 2. The fourth-order valence-electron chi connectivity index (χ4n) is 2.40. The van der Waals surface area contributed by atoms with Crippen LogP contribution in [-0.4, -0.2) is 6.54 Å². The normalized spacial score (nSPS) is 12.7. The van der Waals surface area contributed by atoms with Crippen LogP contribution < -0.4 is 5.32 Å². The van der Waals surface area contributed by atoms with E-state index in [1.54, 1.807) is 17.4 Å². The van der Waals surface area contributed by atoms with E-state index in [1.165, 1.54) is 16.5 Å². The number of benzene rings is 2. The fraction of sp³-hybridized carbons (Fsp3) is 0.176. The summed E-state index contributed by atoms with van der Waals surface area (Å²) in [6, 6.07) is 17.7. The van der Waals surface area contributed by atoms with E-state index in [1.807, 2.05) is 24.3 Å². The van der Waals surface area contributed by atoms with Gasteiger partial charge in [0.05, 0.1) is 6.04 Å². The molecular weight excluding hydrogens is 269 g/mol. The summed E-state index contributed by atoms with van der Waals surface area (Å²) in [5.41, 5.74) is 1.24. The number of nitrogens with one attached hydrogen (secondary N) is 1. The molecule has 0 saturated heterocycles. The third kappa shape index (κ3) is 2.60. The van der Waals surface area contributed by atoms with Gasteiger partial charge in [0.25, 0.3) is 0 Å². The summed E-state index contributed by atoms with van der Waals surface area (Å²) in [7, 11) is 0. The van der Waals surface area contributed by atoms with E-state index < -0.39 is 0 Å². The van der Waals surface area contributed by atoms with Gasteiger partial charge in [-0.15, -0.1) is 11.3 Å². The van der Waals surface area contributed by atoms with Crippen molar-refractivity contribution in [2.75, 3.05) is 6.54 Å². The van der Waals surface area contributed by atoms with Gasteiger partial charge in [-0.25, -0.2) is 4.39 Å². The Kier molecular flexibility index (Phi) is 3.81. The van der Waals surface area contributed by atoms with Crippen LogP contribution in [0.3, 0.4) is 0 Å². The van der Waals surface area contributed by atoms with Crippen LogP contribution in [0.1, 0.15) is 23.4 Å². The van der Waals surface area contributed by atoms with Gasteiger partial charge < -0.3 is 5.32 Å². The van der Waals surface area contributed by atoms with Crippen molar-refractivity contribution in [1.29, 1.82) is 0 Å². The van der Waals surface area contributed by atoms with Crippen molar-refractivity contribution in [1.82, 2.24) is 5.32 Å². The van der Waals surface area contributed by atoms with E-state index >= 15 is 0 Å². The van der Waals surface area contributed by atoms with Crippen molar-refractivity contribution in [2.45, 2.75) is 13.0 Å². The first kappa shape index (κ1) is 13.3. The second-order valence-corrected chi connectivity index (χ2v) is 5.85. The lowest BCUT2D eigenvalue weighted by Crippen LogP contribution is -2.20. The highest BCUT2D eigenvalue weighted by Gasteiger charge is 2.15. The van der Waals surface area contributed by atoms with Crippen LogP contribution in [-0.2, 0) is 0 Å². The smallest absolute Gasteiger partial charge is 0.124 e. The molecule has 0 radical (unpaired) electrons. The Bertz CT molecular complexity index is 705. The summed E-state index contributed by atoms with van der Waals surface area (Å²) < 4.78 is 14.3. The average Bonchev–Trinajstić information content (AvgIpc) is 2.88. The average molecular weight is 285 g/mol. The Morgan fingerprint density at radius 2 is 1.90 bits per heavy atom. The minimum atomic E-state index is -0.175. The molecule has 0 bridgehead atoms. The summed E-state index contributed by atoms with van der Waals surface area (Å²) in [6.45, 7) is 2.99. The maximum Gasteiger partial charge on any atom is 0.124 e. The molecule has 3 aromatic rings. The van der Waals surface area contributed by atoms with Crippen molar-refractivity contribution in [3.63, 3.8) is 0 Å². The Labute approximate surface area is 122 Å². The Balaban J connectivity index is 2.05. The maximum absolute atomic E-state index is 13.3. The molecule has 0 aliphatic rings. The van der Waals surface area contributed by atoms with Crippen LogP contribution in [0.5, 0.6) is 0 Å². The van der Waals surface area contributed by atoms with Crippen molar-refractivity contribution in [3.8, 4) is 0 Å². The van der Waals surface area contributed by atoms with Crippen LogP contribution in [0.25, 0.3) is 10.1 Å². The SMILES string of the molecule is CCNC(c1ccccc1)c1cc2ccc(F)cc2s1. The van der Waals surface area contributed by atoms with Crippen molar-refractivity contribution in [3.05, 3.63) is 70.9 Å². The van der Waals surface area contributed by atoms with Gasteiger partial charge in [0, 0.05) is 9.58 Å². The molecule has 0 spiro atoms. The molecular formula is C17H16FNS. The molecule has 0 amide bonds. The largest absolute Gasteiger partial charge is 0.306 e. The highest BCUT2D eigenvalue weighted by atomic mass is 32.1. The lowest BCUT2D eigenvalue weighted by Gasteiger charge is -2.16. The second kappa shape index (κ2) is 5.73. The predicted octanol–water partition coefficient (Wildman–Crippen LogP) is 4.74. The molecule has 1 atom stereocenters. The third-order valence-corrected chi connectivity index (χ3v) is 4.49. The molecule has 3 rings (SSSR count). The molecule has 1 heterocycles. The van der Waals surface area contributed by atoms with E-state index in [-0.39, 0.29) is 11.9 Å². The first-order valence-electron chi connectivity index (χ1n) is 6.75. The van der Waals surface area contributed by atoms with Crippen LogP contribution >= 0.6 is 11.3 Å². The summed E-state index contributed by atoms with van der Waals surface area (Å²) in [5.74, 6) is -0.175. The number of halogens is 1. The van der Waals surface area contributed by atoms with Crippen LogP contribution in [0.2, 0.25) is 0 Å². The minimum Gasteiger partial charge on any atom is -0.306 e. The summed E-state index contributed by atoms with van der Waals surface area (Å²) >= 11 is 1.65. The number of fused-ring (bicyclic) bond motifs is 1. The summed E-state index contributed by atoms with van der Waals surface area (Å²) in [4.78, 5) is 1.22. The van der Waals surface area contributed by atoms with Crippen molar-refractivity contribution in [2.24, 2.45) is 0 Å². The molecule has 0 aliphatic heterocycles. The molecule has 0 aliphatic carbocycles. The van der Waals surface area contributed by atoms with Gasteiger partial charge in [0.1, 0.15) is 5.82 Å². The van der Waals surface area contributed by atoms with Gasteiger partial charge in [-0.05, 0) is 35.7 Å². The van der Waals surface area contributed by atoms with Crippen LogP contribution in [0.15, 0.2) is 54.6 Å². The number of thiophene rings is 1. The Morgan fingerprint density at radius 3 is 2.65 bits per heavy atom. The zero-order valence-electron chi connectivity index (χ0n) is 11.3. The molecule has 1 aromatic heterocycles. The van der Waals surface area contributed by atoms with Gasteiger partial charge in [-0.1, -0.05) is 43.3 Å². The van der Waals surface area contributed by atoms with Gasteiger partial charge >= 0.3 is 0 Å². The first-order chi connectivity index (χ1) is 9.78. The maximum atomic E-state index is 13.3. The van der Waals surface area contributed by atoms with Gasteiger partial charge in [-0.3, -0.25) is 0 Å². The van der Waals surface area contributed by atoms with Crippen LogP contribution in [0.4, 0.5) is 4.39 Å². The van der Waals surface area contributed by atoms with E-state index in [0.29, 0.717) is 0 Å². The van der Waals surface area contributed by atoms with E-state index in [9.17, 15) is 4.39 Å². The number of hydrogen-bond donors (Lipinski definition) is 1. The zero-order chi connectivity index (χ0) is 13.9. The molecule has 1 nitrogen and oxygen atoms in total. The lowest BCUT2D eigenvalue weighted by atomic mass is 10.0. The second-order valence-electron chi connectivity index (χ2n) is 4.73. The summed E-state index contributed by atoms with van der Waals surface area (Å²) in [6.07, 6.45) is 0. The standard InChI is InChI=1S/C17H16FNS/c1-2-19-17(12-6-4-3-5-7-12)16-10-13-8-9-14(18)11-15(13)20-16/h3-11,17,19H,2H2,1H3. The first-order valence-corrected chi connectivity index (χ1v) is 7.57.